The smallest absolute Gasteiger partial charge is 0.416 e. The standard InChI is InChI=1S/C32H35F6NO3/c1-23(2)30(40)42-17-11-9-7-5-3-4-6-8-10-16-41-29-14-12-25(13-15-29)26(22-39)18-24-19-27(31(33,34)35)21-28(20-24)32(36,37)38/h12-15,18-21H,1,3-11,16-17H2,2H3/b26-18+. The van der Waals surface area contributed by atoms with Crippen LogP contribution in [0.15, 0.2) is 54.6 Å². The maximum absolute atomic E-state index is 13.1. The molecule has 2 rings (SSSR count). The van der Waals surface area contributed by atoms with Gasteiger partial charge in [-0.25, -0.2) is 4.79 Å². The molecule has 0 spiro atoms. The number of hydrogen-bond donors (Lipinski definition) is 0. The second kappa shape index (κ2) is 16.6. The number of allylic oxidation sites excluding steroid dienone is 1. The van der Waals surface area contributed by atoms with Gasteiger partial charge in [0, 0.05) is 5.57 Å². The van der Waals surface area contributed by atoms with Crippen LogP contribution in [-0.2, 0) is 21.9 Å². The number of hydrogen-bond acceptors (Lipinski definition) is 4. The van der Waals surface area contributed by atoms with Crippen molar-refractivity contribution >= 4 is 17.6 Å². The molecule has 0 saturated carbocycles. The second-order valence-electron chi connectivity index (χ2n) is 9.98. The number of benzene rings is 2. The zero-order valence-electron chi connectivity index (χ0n) is 23.5. The average Bonchev–Trinajstić information content (AvgIpc) is 2.93. The van der Waals surface area contributed by atoms with Gasteiger partial charge in [0.2, 0.25) is 0 Å². The Morgan fingerprint density at radius 3 is 1.74 bits per heavy atom. The summed E-state index contributed by atoms with van der Waals surface area (Å²) in [6.45, 7) is 6.09. The summed E-state index contributed by atoms with van der Waals surface area (Å²) in [5, 5.41) is 9.52. The Labute approximate surface area is 242 Å². The molecule has 0 bridgehead atoms. The van der Waals surface area contributed by atoms with E-state index in [-0.39, 0.29) is 23.2 Å². The third-order valence-corrected chi connectivity index (χ3v) is 6.35. The first kappa shape index (κ1) is 34.5. The molecular weight excluding hydrogens is 560 g/mol. The number of nitriles is 1. The SMILES string of the molecule is C=C(C)C(=O)OCCCCCCCCCCCOc1ccc(/C(C#N)=C/c2cc(C(F)(F)F)cc(C(F)(F)F)c2)cc1. The van der Waals surface area contributed by atoms with Crippen LogP contribution in [0.4, 0.5) is 26.3 Å². The summed E-state index contributed by atoms with van der Waals surface area (Å²) in [6.07, 6.45) is 0.372. The summed E-state index contributed by atoms with van der Waals surface area (Å²) in [6, 6.07) is 9.33. The first-order chi connectivity index (χ1) is 19.8. The summed E-state index contributed by atoms with van der Waals surface area (Å²) in [7, 11) is 0. The van der Waals surface area contributed by atoms with E-state index in [1.807, 2.05) is 6.07 Å². The molecule has 0 atom stereocenters. The Bertz CT molecular complexity index is 1210. The summed E-state index contributed by atoms with van der Waals surface area (Å²) < 4.78 is 89.7. The normalized spacial score (nSPS) is 12.1. The average molecular weight is 596 g/mol. The molecule has 0 unspecified atom stereocenters. The van der Waals surface area contributed by atoms with Crippen molar-refractivity contribution < 1.29 is 40.6 Å². The molecule has 0 N–H and O–H groups in total. The third kappa shape index (κ3) is 12.4. The van der Waals surface area contributed by atoms with E-state index < -0.39 is 23.5 Å². The number of nitrogens with zero attached hydrogens (tertiary/aromatic N) is 1. The number of esters is 1. The Kier molecular flexibility index (Phi) is 13.7. The fraction of sp³-hybridized carbons (Fsp3) is 0.438. The summed E-state index contributed by atoms with van der Waals surface area (Å²) in [5.41, 5.74) is -2.60. The first-order valence-corrected chi connectivity index (χ1v) is 13.8. The molecule has 0 aliphatic rings. The second-order valence-corrected chi connectivity index (χ2v) is 9.98. The highest BCUT2D eigenvalue weighted by Crippen LogP contribution is 2.37. The number of unbranched alkanes of at least 4 members (excludes halogenated alkanes) is 8. The summed E-state index contributed by atoms with van der Waals surface area (Å²) >= 11 is 0. The van der Waals surface area contributed by atoms with E-state index >= 15 is 0 Å². The van der Waals surface area contributed by atoms with E-state index in [4.69, 9.17) is 9.47 Å². The van der Waals surface area contributed by atoms with Crippen LogP contribution in [0.1, 0.15) is 87.0 Å². The van der Waals surface area contributed by atoms with E-state index in [0.29, 0.717) is 42.2 Å². The van der Waals surface area contributed by atoms with Gasteiger partial charge in [-0.15, -0.1) is 0 Å². The van der Waals surface area contributed by atoms with Crippen molar-refractivity contribution in [2.45, 2.75) is 77.1 Å². The molecule has 0 aliphatic carbocycles. The van der Waals surface area contributed by atoms with Crippen LogP contribution < -0.4 is 4.74 Å². The number of alkyl halides is 6. The van der Waals surface area contributed by atoms with E-state index in [9.17, 15) is 36.4 Å². The molecule has 2 aromatic rings. The van der Waals surface area contributed by atoms with Gasteiger partial charge < -0.3 is 9.47 Å². The lowest BCUT2D eigenvalue weighted by Gasteiger charge is -2.13. The predicted octanol–water partition coefficient (Wildman–Crippen LogP) is 9.80. The minimum Gasteiger partial charge on any atom is -0.494 e. The minimum absolute atomic E-state index is 0.0485. The number of ether oxygens (including phenoxy) is 2. The molecule has 0 saturated heterocycles. The lowest BCUT2D eigenvalue weighted by molar-refractivity contribution is -0.143. The molecule has 0 aromatic heterocycles. The van der Waals surface area contributed by atoms with Crippen LogP contribution in [0.5, 0.6) is 5.75 Å². The van der Waals surface area contributed by atoms with Gasteiger partial charge in [0.15, 0.2) is 0 Å². The van der Waals surface area contributed by atoms with Gasteiger partial charge in [-0.1, -0.05) is 51.5 Å². The Balaban J connectivity index is 1.75. The third-order valence-electron chi connectivity index (χ3n) is 6.35. The number of rotatable bonds is 16. The van der Waals surface area contributed by atoms with Crippen LogP contribution >= 0.6 is 0 Å². The van der Waals surface area contributed by atoms with Gasteiger partial charge in [0.1, 0.15) is 5.75 Å². The van der Waals surface area contributed by atoms with E-state index in [0.717, 1.165) is 63.9 Å². The molecule has 10 heteroatoms. The molecule has 0 amide bonds. The highest BCUT2D eigenvalue weighted by atomic mass is 19.4. The van der Waals surface area contributed by atoms with Crippen LogP contribution in [0, 0.1) is 11.3 Å². The Morgan fingerprint density at radius 1 is 0.810 bits per heavy atom. The lowest BCUT2D eigenvalue weighted by Crippen LogP contribution is -2.11. The lowest BCUT2D eigenvalue weighted by atomic mass is 10.00. The molecule has 2 aromatic carbocycles. The fourth-order valence-electron chi connectivity index (χ4n) is 4.06. The Morgan fingerprint density at radius 2 is 1.29 bits per heavy atom. The van der Waals surface area contributed by atoms with Crippen LogP contribution in [0.3, 0.4) is 0 Å². The largest absolute Gasteiger partial charge is 0.494 e. The first-order valence-electron chi connectivity index (χ1n) is 13.8. The highest BCUT2D eigenvalue weighted by molar-refractivity contribution is 5.90. The summed E-state index contributed by atoms with van der Waals surface area (Å²) in [4.78, 5) is 11.3. The topological polar surface area (TPSA) is 59.3 Å². The Hall–Kier alpha value is -3.74. The predicted molar refractivity (Wildman–Crippen MR) is 149 cm³/mol. The van der Waals surface area contributed by atoms with E-state index in [1.54, 1.807) is 19.1 Å². The molecule has 0 radical (unpaired) electrons. The molecule has 228 valence electrons. The van der Waals surface area contributed by atoms with Crippen LogP contribution in [0.25, 0.3) is 11.6 Å². The van der Waals surface area contributed by atoms with Gasteiger partial charge >= 0.3 is 18.3 Å². The molecule has 0 aliphatic heterocycles. The number of carbonyl (C=O) groups excluding carboxylic acids is 1. The van der Waals surface area contributed by atoms with E-state index in [1.165, 1.54) is 12.1 Å². The molecule has 0 fully saturated rings. The maximum Gasteiger partial charge on any atom is 0.416 e. The molecular formula is C32H35F6NO3. The molecule has 0 heterocycles. The minimum atomic E-state index is -4.97. The zero-order valence-corrected chi connectivity index (χ0v) is 23.5. The van der Waals surface area contributed by atoms with Crippen molar-refractivity contribution in [3.05, 3.63) is 76.9 Å². The van der Waals surface area contributed by atoms with Crippen molar-refractivity contribution in [1.29, 1.82) is 5.26 Å². The quantitative estimate of drug-likeness (QED) is 0.0484. The highest BCUT2D eigenvalue weighted by Gasteiger charge is 2.36. The van der Waals surface area contributed by atoms with Gasteiger partial charge in [-0.3, -0.25) is 0 Å². The van der Waals surface area contributed by atoms with Gasteiger partial charge in [-0.2, -0.15) is 31.6 Å². The number of carbonyl (C=O) groups is 1. The van der Waals surface area contributed by atoms with Gasteiger partial charge in [0.25, 0.3) is 0 Å². The molecule has 4 nitrogen and oxygen atoms in total. The molecule has 42 heavy (non-hydrogen) atoms. The number of halogens is 6. The monoisotopic (exact) mass is 595 g/mol. The van der Waals surface area contributed by atoms with Crippen molar-refractivity contribution in [2.75, 3.05) is 13.2 Å². The van der Waals surface area contributed by atoms with Crippen LogP contribution in [0.2, 0.25) is 0 Å². The van der Waals surface area contributed by atoms with Gasteiger partial charge in [0.05, 0.1) is 36.0 Å². The van der Waals surface area contributed by atoms with Crippen molar-refractivity contribution in [3.63, 3.8) is 0 Å². The summed E-state index contributed by atoms with van der Waals surface area (Å²) in [5.74, 6) is 0.200. The van der Waals surface area contributed by atoms with Crippen molar-refractivity contribution in [1.82, 2.24) is 0 Å². The van der Waals surface area contributed by atoms with Crippen LogP contribution in [-0.4, -0.2) is 19.2 Å². The maximum atomic E-state index is 13.1. The van der Waals surface area contributed by atoms with E-state index in [2.05, 4.69) is 6.58 Å². The van der Waals surface area contributed by atoms with Gasteiger partial charge in [-0.05, 0) is 79.4 Å². The van der Waals surface area contributed by atoms with Crippen molar-refractivity contribution in [3.8, 4) is 11.8 Å². The van der Waals surface area contributed by atoms with Crippen molar-refractivity contribution in [2.24, 2.45) is 0 Å². The fourth-order valence-corrected chi connectivity index (χ4v) is 4.06. The zero-order chi connectivity index (χ0) is 31.2.